The highest BCUT2D eigenvalue weighted by atomic mass is 32.2. The van der Waals surface area contributed by atoms with Crippen LogP contribution in [0.15, 0.2) is 78.1 Å². The second-order valence-corrected chi connectivity index (χ2v) is 24.4. The van der Waals surface area contributed by atoms with Gasteiger partial charge in [-0.15, -0.1) is 0 Å². The molecule has 6 heterocycles. The fourth-order valence-corrected chi connectivity index (χ4v) is 13.8. The Hall–Kier alpha value is -5.83. The second kappa shape index (κ2) is 17.8. The zero-order valence-electron chi connectivity index (χ0n) is 39.0. The highest BCUT2D eigenvalue weighted by Gasteiger charge is 2.50. The fourth-order valence-electron chi connectivity index (χ4n) is 11.3. The number of pyridine rings is 2. The number of benzene rings is 2. The molecule has 4 fully saturated rings. The predicted molar refractivity (Wildman–Crippen MR) is 261 cm³/mol. The summed E-state index contributed by atoms with van der Waals surface area (Å²) in [5.74, 6) is 0.213. The number of carbonyl (C=O) groups excluding carboxylic acids is 1. The molecule has 366 valence electrons. The van der Waals surface area contributed by atoms with Gasteiger partial charge in [0.05, 0.1) is 40.1 Å². The molecule has 18 nitrogen and oxygen atoms in total. The molecule has 3 aromatic heterocycles. The topological polar surface area (TPSA) is 246 Å². The first-order valence-corrected chi connectivity index (χ1v) is 27.2. The minimum atomic E-state index is -4.80. The van der Waals surface area contributed by atoms with Crippen LogP contribution < -0.4 is 24.4 Å². The first kappa shape index (κ1) is 46.9. The van der Waals surface area contributed by atoms with Crippen molar-refractivity contribution in [1.29, 1.82) is 4.78 Å². The number of nitro groups is 1. The van der Waals surface area contributed by atoms with Crippen molar-refractivity contribution in [2.75, 3.05) is 48.0 Å². The average molecular weight is 982 g/mol. The number of hydrogen-bond donors (Lipinski definition) is 5. The molecule has 20 heteroatoms. The SMILES string of the molecule is CC(C)c1ccccc1[C@@H]1CS(=N)(=O)CCN1C1CC2(CCN(c3ccc(C(=O)NS(=O)(=O)c4cc([N+](=O)[O-])c5c(n4)OC[C@H]([C@H]4CC[C@](C)(O)CC4)N5)c(Oc4cnc5[nH]ccc5c4)c3)CC2)C1. The monoisotopic (exact) mass is 981 g/mol. The van der Waals surface area contributed by atoms with Crippen LogP contribution in [0.1, 0.15) is 106 Å². The summed E-state index contributed by atoms with van der Waals surface area (Å²) in [6, 6.07) is 17.8. The van der Waals surface area contributed by atoms with Crippen molar-refractivity contribution in [2.45, 2.75) is 107 Å². The Balaban J connectivity index is 0.860. The number of ether oxygens (including phenoxy) is 2. The number of nitrogens with one attached hydrogen (secondary N) is 4. The number of piperidine rings is 1. The maximum atomic E-state index is 14.1. The Kier molecular flexibility index (Phi) is 12.1. The van der Waals surface area contributed by atoms with Gasteiger partial charge in [-0.3, -0.25) is 24.6 Å². The van der Waals surface area contributed by atoms with E-state index < -0.39 is 46.9 Å². The van der Waals surface area contributed by atoms with E-state index in [1.54, 1.807) is 31.3 Å². The fraction of sp³-hybridized carbons (Fsp3) is 0.490. The summed E-state index contributed by atoms with van der Waals surface area (Å²) in [7, 11) is -7.47. The van der Waals surface area contributed by atoms with E-state index in [1.807, 2.05) is 12.1 Å². The first-order chi connectivity index (χ1) is 32.8. The summed E-state index contributed by atoms with van der Waals surface area (Å²) in [6.07, 6.45) is 9.68. The Bertz CT molecular complexity index is 3030. The van der Waals surface area contributed by atoms with Gasteiger partial charge in [0.2, 0.25) is 5.88 Å². The van der Waals surface area contributed by atoms with Crippen molar-refractivity contribution >= 4 is 53.8 Å². The zero-order valence-corrected chi connectivity index (χ0v) is 40.6. The lowest BCUT2D eigenvalue weighted by atomic mass is 9.59. The molecule has 1 spiro atoms. The lowest BCUT2D eigenvalue weighted by Gasteiger charge is -2.57. The molecule has 2 aromatic carbocycles. The third-order valence-corrected chi connectivity index (χ3v) is 18.2. The smallest absolute Gasteiger partial charge is 0.300 e. The van der Waals surface area contributed by atoms with Gasteiger partial charge in [0.15, 0.2) is 10.7 Å². The van der Waals surface area contributed by atoms with Gasteiger partial charge in [0.25, 0.3) is 15.9 Å². The number of carbonyl (C=O) groups is 1. The molecule has 10 rings (SSSR count). The average Bonchev–Trinajstić information content (AvgIpc) is 3.78. The van der Waals surface area contributed by atoms with Crippen molar-refractivity contribution < 1.29 is 36.9 Å². The van der Waals surface area contributed by atoms with E-state index in [0.717, 1.165) is 55.9 Å². The van der Waals surface area contributed by atoms with Crippen LogP contribution in [0.4, 0.5) is 17.1 Å². The van der Waals surface area contributed by atoms with Gasteiger partial charge >= 0.3 is 5.69 Å². The molecule has 1 amide bonds. The van der Waals surface area contributed by atoms with Crippen molar-refractivity contribution in [3.63, 3.8) is 0 Å². The number of nitrogens with zero attached hydrogens (tertiary/aromatic N) is 5. The molecule has 69 heavy (non-hydrogen) atoms. The molecular formula is C49H59N9O9S2. The first-order valence-electron chi connectivity index (χ1n) is 23.8. The van der Waals surface area contributed by atoms with Gasteiger partial charge in [-0.05, 0) is 111 Å². The van der Waals surface area contributed by atoms with Crippen LogP contribution in [-0.4, -0.2) is 104 Å². The quantitative estimate of drug-likeness (QED) is 0.0625. The van der Waals surface area contributed by atoms with Crippen LogP contribution in [0.25, 0.3) is 11.0 Å². The molecule has 2 saturated carbocycles. The Morgan fingerprint density at radius 2 is 1.83 bits per heavy atom. The summed E-state index contributed by atoms with van der Waals surface area (Å²) in [5.41, 5.74) is 2.52. The summed E-state index contributed by atoms with van der Waals surface area (Å²) in [6.45, 7) is 8.36. The van der Waals surface area contributed by atoms with Crippen LogP contribution in [0.5, 0.6) is 17.4 Å². The standard InChI is InChI=1S/C49H59N9O9S2/c1-30(2)36-6-4-5-7-37(36)41-29-68(50,63)21-20-57(41)34-25-49(26-34)15-18-56(19-16-49)33-8-9-38(42(23-33)67-35-22-32-12-17-51-45(32)52-27-35)46(59)55-69(64,65)43-24-40(58(61)62)44-47(54-43)66-28-39(53-44)31-10-13-48(3,60)14-11-31/h4-9,12,17,22-24,27,30-31,34,39,41,50,53,60H,10-11,13-16,18-21,25-26,28-29H2,1-3H3,(H,51,52)(H,55,59)/t31-,39-,41+,48-,68?/m1/s1. The molecule has 5 N–H and O–H groups in total. The van der Waals surface area contributed by atoms with Gasteiger partial charge in [0, 0.05) is 70.5 Å². The zero-order chi connectivity index (χ0) is 48.5. The Labute approximate surface area is 401 Å². The van der Waals surface area contributed by atoms with Gasteiger partial charge in [0.1, 0.15) is 23.8 Å². The van der Waals surface area contributed by atoms with Crippen LogP contribution >= 0.6 is 0 Å². The van der Waals surface area contributed by atoms with Crippen molar-refractivity contribution in [3.8, 4) is 17.4 Å². The second-order valence-electron chi connectivity index (χ2n) is 20.4. The number of sulfonamides is 1. The maximum Gasteiger partial charge on any atom is 0.300 e. The third-order valence-electron chi connectivity index (χ3n) is 15.3. The molecule has 3 aliphatic heterocycles. The van der Waals surface area contributed by atoms with Crippen molar-refractivity contribution in [3.05, 3.63) is 99.9 Å². The van der Waals surface area contributed by atoms with Gasteiger partial charge in [-0.2, -0.15) is 13.4 Å². The van der Waals surface area contributed by atoms with Gasteiger partial charge in [-0.25, -0.2) is 13.9 Å². The van der Waals surface area contributed by atoms with Gasteiger partial charge in [-0.1, -0.05) is 38.1 Å². The van der Waals surface area contributed by atoms with Crippen molar-refractivity contribution in [1.82, 2.24) is 24.6 Å². The highest BCUT2D eigenvalue weighted by molar-refractivity contribution is 7.92. The normalized spacial score (nSPS) is 26.2. The summed E-state index contributed by atoms with van der Waals surface area (Å²) in [5, 5.41) is 26.0. The number of hydrogen-bond acceptors (Lipinski definition) is 15. The van der Waals surface area contributed by atoms with Crippen LogP contribution in [0.3, 0.4) is 0 Å². The van der Waals surface area contributed by atoms with Crippen LogP contribution in [0, 0.1) is 26.2 Å². The van der Waals surface area contributed by atoms with Gasteiger partial charge < -0.3 is 29.8 Å². The number of rotatable bonds is 11. The molecule has 0 bridgehead atoms. The minimum Gasteiger partial charge on any atom is -0.474 e. The number of amides is 1. The molecule has 5 aliphatic rings. The van der Waals surface area contributed by atoms with E-state index >= 15 is 0 Å². The number of anilines is 2. The van der Waals surface area contributed by atoms with E-state index in [-0.39, 0.29) is 52.9 Å². The third kappa shape index (κ3) is 9.47. The van der Waals surface area contributed by atoms with Crippen LogP contribution in [0.2, 0.25) is 0 Å². The minimum absolute atomic E-state index is 0.0418. The van der Waals surface area contributed by atoms with E-state index in [4.69, 9.17) is 14.3 Å². The van der Waals surface area contributed by atoms with Crippen molar-refractivity contribution in [2.24, 2.45) is 11.3 Å². The van der Waals surface area contributed by atoms with Crippen LogP contribution in [-0.2, 0) is 19.8 Å². The molecule has 0 radical (unpaired) electrons. The molecule has 3 atom stereocenters. The van der Waals surface area contributed by atoms with E-state index in [2.05, 4.69) is 66.8 Å². The van der Waals surface area contributed by atoms with E-state index in [9.17, 15) is 32.6 Å². The number of aromatic nitrogens is 3. The number of aromatic amines is 1. The summed E-state index contributed by atoms with van der Waals surface area (Å²) in [4.78, 5) is 42.2. The number of fused-ring (bicyclic) bond motifs is 2. The highest BCUT2D eigenvalue weighted by Crippen LogP contribution is 2.54. The molecule has 5 aromatic rings. The molecule has 1 unspecified atom stereocenters. The maximum absolute atomic E-state index is 14.1. The van der Waals surface area contributed by atoms with E-state index in [0.29, 0.717) is 67.1 Å². The number of aliphatic hydroxyl groups is 1. The predicted octanol–water partition coefficient (Wildman–Crippen LogP) is 7.87. The lowest BCUT2D eigenvalue weighted by Crippen LogP contribution is -2.58. The molecular weight excluding hydrogens is 923 g/mol. The Morgan fingerprint density at radius 1 is 1.07 bits per heavy atom. The molecule has 2 aliphatic carbocycles. The Morgan fingerprint density at radius 3 is 2.57 bits per heavy atom. The lowest BCUT2D eigenvalue weighted by molar-refractivity contribution is -0.384. The number of H-pyrrole nitrogens is 1. The van der Waals surface area contributed by atoms with E-state index in [1.165, 1.54) is 23.4 Å². The molecule has 2 saturated heterocycles. The summed E-state index contributed by atoms with van der Waals surface area (Å²) < 4.78 is 63.9. The summed E-state index contributed by atoms with van der Waals surface area (Å²) >= 11 is 0. The largest absolute Gasteiger partial charge is 0.474 e.